The van der Waals surface area contributed by atoms with E-state index in [0.717, 1.165) is 60.5 Å². The van der Waals surface area contributed by atoms with Crippen molar-refractivity contribution in [3.8, 4) is 11.3 Å². The van der Waals surface area contributed by atoms with Crippen LogP contribution in [0.2, 0.25) is 0 Å². The molecule has 5 heterocycles. The second kappa shape index (κ2) is 8.37. The number of aliphatic hydroxyl groups excluding tert-OH is 1. The summed E-state index contributed by atoms with van der Waals surface area (Å²) in [6.07, 6.45) is 8.30. The Morgan fingerprint density at radius 3 is 2.76 bits per heavy atom. The highest BCUT2D eigenvalue weighted by molar-refractivity contribution is 5.96. The van der Waals surface area contributed by atoms with Crippen LogP contribution in [0.4, 0.5) is 5.69 Å². The SMILES string of the molecule is CNc1cc(-c2cn(C3CCOCC3)c3ncccc23)nn2c(C(=O)N[C@H]3CC[C@H]3O)cnc12. The molecule has 1 aliphatic heterocycles. The quantitative estimate of drug-likeness (QED) is 0.418. The molecule has 6 rings (SSSR count). The fraction of sp³-hybridized carbons (Fsp3) is 0.417. The predicted molar refractivity (Wildman–Crippen MR) is 127 cm³/mol. The Balaban J connectivity index is 1.46. The summed E-state index contributed by atoms with van der Waals surface area (Å²) in [5.74, 6) is -0.297. The van der Waals surface area contributed by atoms with Crippen molar-refractivity contribution in [2.45, 2.75) is 43.9 Å². The van der Waals surface area contributed by atoms with Crippen LogP contribution in [0.1, 0.15) is 42.2 Å². The largest absolute Gasteiger partial charge is 0.391 e. The number of aromatic nitrogens is 5. The van der Waals surface area contributed by atoms with Gasteiger partial charge in [-0.05, 0) is 43.9 Å². The van der Waals surface area contributed by atoms with Crippen molar-refractivity contribution in [2.75, 3.05) is 25.6 Å². The van der Waals surface area contributed by atoms with Gasteiger partial charge in [0.1, 0.15) is 5.65 Å². The minimum atomic E-state index is -0.497. The van der Waals surface area contributed by atoms with Crippen molar-refractivity contribution in [1.82, 2.24) is 29.5 Å². The Labute approximate surface area is 196 Å². The van der Waals surface area contributed by atoms with Gasteiger partial charge >= 0.3 is 0 Å². The lowest BCUT2D eigenvalue weighted by Gasteiger charge is -2.32. The number of pyridine rings is 1. The Hall–Kier alpha value is -3.50. The maximum Gasteiger partial charge on any atom is 0.271 e. The second-order valence-corrected chi connectivity index (χ2v) is 8.96. The molecular formula is C24H27N7O3. The lowest BCUT2D eigenvalue weighted by molar-refractivity contribution is 0.0445. The highest BCUT2D eigenvalue weighted by Gasteiger charge is 2.31. The van der Waals surface area contributed by atoms with Gasteiger partial charge in [0.25, 0.3) is 5.91 Å². The van der Waals surface area contributed by atoms with Crippen LogP contribution in [-0.4, -0.2) is 67.6 Å². The third kappa shape index (κ3) is 3.41. The average Bonchev–Trinajstić information content (AvgIpc) is 3.48. The van der Waals surface area contributed by atoms with E-state index in [1.54, 1.807) is 4.52 Å². The standard InChI is InChI=1S/C24H27N7O3/c1-25-19-11-18(29-31-20(12-27-23(19)31)24(33)28-17-4-5-21(17)32)16-13-30(14-6-9-34-10-7-14)22-15(16)3-2-8-26-22/h2-3,8,11-14,17,21,25,32H,4-7,9-10H2,1H3,(H,28,33)/t17-,21+/m0/s1. The Morgan fingerprint density at radius 2 is 2.03 bits per heavy atom. The highest BCUT2D eigenvalue weighted by Crippen LogP contribution is 2.34. The summed E-state index contributed by atoms with van der Waals surface area (Å²) in [7, 11) is 1.82. The lowest BCUT2D eigenvalue weighted by atomic mass is 9.89. The van der Waals surface area contributed by atoms with Crippen molar-refractivity contribution in [3.63, 3.8) is 0 Å². The smallest absolute Gasteiger partial charge is 0.271 e. The van der Waals surface area contributed by atoms with E-state index >= 15 is 0 Å². The van der Waals surface area contributed by atoms with E-state index in [-0.39, 0.29) is 11.9 Å². The summed E-state index contributed by atoms with van der Waals surface area (Å²) in [5.41, 5.74) is 4.25. The first-order valence-corrected chi connectivity index (χ1v) is 11.7. The zero-order valence-corrected chi connectivity index (χ0v) is 18.9. The molecule has 1 amide bonds. The molecular weight excluding hydrogens is 434 g/mol. The maximum absolute atomic E-state index is 13.0. The van der Waals surface area contributed by atoms with Gasteiger partial charge in [0.15, 0.2) is 11.3 Å². The Kier molecular flexibility index (Phi) is 5.19. The number of hydrogen-bond donors (Lipinski definition) is 3. The van der Waals surface area contributed by atoms with E-state index in [2.05, 4.69) is 37.4 Å². The maximum atomic E-state index is 13.0. The molecule has 4 aromatic rings. The molecule has 0 spiro atoms. The molecule has 1 saturated carbocycles. The minimum Gasteiger partial charge on any atom is -0.391 e. The van der Waals surface area contributed by atoms with E-state index in [1.807, 2.05) is 25.4 Å². The number of hydrogen-bond acceptors (Lipinski definition) is 7. The first-order chi connectivity index (χ1) is 16.6. The van der Waals surface area contributed by atoms with E-state index in [1.165, 1.54) is 6.20 Å². The minimum absolute atomic E-state index is 0.228. The van der Waals surface area contributed by atoms with Crippen molar-refractivity contribution >= 4 is 28.3 Å². The molecule has 0 bridgehead atoms. The molecule has 0 aromatic carbocycles. The van der Waals surface area contributed by atoms with Gasteiger partial charge in [0.05, 0.1) is 29.7 Å². The van der Waals surface area contributed by atoms with Crippen molar-refractivity contribution in [1.29, 1.82) is 0 Å². The second-order valence-electron chi connectivity index (χ2n) is 8.96. The molecule has 4 aromatic heterocycles. The summed E-state index contributed by atoms with van der Waals surface area (Å²) in [6.45, 7) is 1.48. The number of amides is 1. The average molecular weight is 462 g/mol. The fourth-order valence-electron chi connectivity index (χ4n) is 4.86. The van der Waals surface area contributed by atoms with Crippen LogP contribution in [0.15, 0.2) is 36.8 Å². The lowest BCUT2D eigenvalue weighted by Crippen LogP contribution is -2.50. The number of carbonyl (C=O) groups excluding carboxylic acids is 1. The van der Waals surface area contributed by atoms with E-state index in [9.17, 15) is 9.90 Å². The number of imidazole rings is 1. The monoisotopic (exact) mass is 461 g/mol. The van der Waals surface area contributed by atoms with Gasteiger partial charge in [0.2, 0.25) is 0 Å². The Morgan fingerprint density at radius 1 is 1.18 bits per heavy atom. The molecule has 176 valence electrons. The zero-order valence-electron chi connectivity index (χ0n) is 18.9. The van der Waals surface area contributed by atoms with Crippen LogP contribution in [0.5, 0.6) is 0 Å². The molecule has 10 heteroatoms. The van der Waals surface area contributed by atoms with Gasteiger partial charge < -0.3 is 25.0 Å². The highest BCUT2D eigenvalue weighted by atomic mass is 16.5. The van der Waals surface area contributed by atoms with Crippen LogP contribution in [0.25, 0.3) is 27.9 Å². The number of rotatable bonds is 5. The summed E-state index contributed by atoms with van der Waals surface area (Å²) >= 11 is 0. The van der Waals surface area contributed by atoms with Crippen molar-refractivity contribution in [2.24, 2.45) is 0 Å². The molecule has 34 heavy (non-hydrogen) atoms. The molecule has 10 nitrogen and oxygen atoms in total. The summed E-state index contributed by atoms with van der Waals surface area (Å²) in [4.78, 5) is 22.1. The topological polar surface area (TPSA) is 119 Å². The number of carbonyl (C=O) groups is 1. The number of anilines is 1. The van der Waals surface area contributed by atoms with E-state index in [4.69, 9.17) is 9.84 Å². The molecule has 0 unspecified atom stereocenters. The van der Waals surface area contributed by atoms with E-state index in [0.29, 0.717) is 23.8 Å². The molecule has 1 aliphatic carbocycles. The number of nitrogens with one attached hydrogen (secondary N) is 2. The summed E-state index contributed by atoms with van der Waals surface area (Å²) in [5, 5.41) is 21.8. The van der Waals surface area contributed by atoms with Gasteiger partial charge in [0, 0.05) is 49.6 Å². The molecule has 2 aliphatic rings. The number of nitrogens with zero attached hydrogens (tertiary/aromatic N) is 5. The summed E-state index contributed by atoms with van der Waals surface area (Å²) in [6, 6.07) is 6.02. The zero-order chi connectivity index (χ0) is 23.2. The van der Waals surface area contributed by atoms with Crippen LogP contribution in [0.3, 0.4) is 0 Å². The van der Waals surface area contributed by atoms with Gasteiger partial charge in [-0.3, -0.25) is 4.79 Å². The first kappa shape index (κ1) is 21.1. The van der Waals surface area contributed by atoms with Crippen LogP contribution in [-0.2, 0) is 4.74 Å². The molecule has 1 saturated heterocycles. The third-order valence-corrected chi connectivity index (χ3v) is 6.97. The fourth-order valence-corrected chi connectivity index (χ4v) is 4.86. The van der Waals surface area contributed by atoms with Gasteiger partial charge in [-0.25, -0.2) is 14.5 Å². The van der Waals surface area contributed by atoms with Gasteiger partial charge in [-0.1, -0.05) is 0 Å². The molecule has 2 atom stereocenters. The third-order valence-electron chi connectivity index (χ3n) is 6.97. The van der Waals surface area contributed by atoms with Crippen molar-refractivity contribution < 1.29 is 14.6 Å². The molecule has 2 fully saturated rings. The van der Waals surface area contributed by atoms with Crippen LogP contribution < -0.4 is 10.6 Å². The Bertz CT molecular complexity index is 1370. The van der Waals surface area contributed by atoms with Gasteiger partial charge in [-0.2, -0.15) is 5.10 Å². The molecule has 3 N–H and O–H groups in total. The van der Waals surface area contributed by atoms with E-state index < -0.39 is 6.10 Å². The number of aliphatic hydroxyl groups is 1. The molecule has 0 radical (unpaired) electrons. The van der Waals surface area contributed by atoms with Crippen LogP contribution in [0, 0.1) is 0 Å². The first-order valence-electron chi connectivity index (χ1n) is 11.7. The predicted octanol–water partition coefficient (Wildman–Crippen LogP) is 2.39. The normalized spacial score (nSPS) is 21.0. The summed E-state index contributed by atoms with van der Waals surface area (Å²) < 4.78 is 9.37. The van der Waals surface area contributed by atoms with Gasteiger partial charge in [-0.15, -0.1) is 0 Å². The number of ether oxygens (including phenoxy) is 1. The number of fused-ring (bicyclic) bond motifs is 2. The van der Waals surface area contributed by atoms with Crippen LogP contribution >= 0.6 is 0 Å². The van der Waals surface area contributed by atoms with Crippen molar-refractivity contribution in [3.05, 3.63) is 42.5 Å².